The van der Waals surface area contributed by atoms with Crippen molar-refractivity contribution in [3.05, 3.63) is 35.4 Å². The highest BCUT2D eigenvalue weighted by Gasteiger charge is 2.48. The van der Waals surface area contributed by atoms with Gasteiger partial charge in [-0.1, -0.05) is 25.0 Å². The van der Waals surface area contributed by atoms with Gasteiger partial charge in [-0.2, -0.15) is 12.6 Å². The van der Waals surface area contributed by atoms with E-state index < -0.39 is 41.6 Å². The standard InChI is InChI=1S/C25H33N3O6S/c1-7-16-8-10-17(11-9-16)21(22(30)26-13-20(29)33-6)28(19-12-15(19)2)23(31)18(14-35)27-24(32)34-25(3,4)5/h1,8-11,15,18-19,21,35H,12-14H2,2-6H3,(H,26,30)(H,27,32). The van der Waals surface area contributed by atoms with E-state index in [0.717, 1.165) is 0 Å². The van der Waals surface area contributed by atoms with Crippen molar-refractivity contribution in [2.45, 2.75) is 57.8 Å². The fourth-order valence-corrected chi connectivity index (χ4v) is 3.76. The first kappa shape index (κ1) is 28.1. The molecule has 1 aliphatic rings. The van der Waals surface area contributed by atoms with Gasteiger partial charge in [0.15, 0.2) is 0 Å². The van der Waals surface area contributed by atoms with Crippen LogP contribution in [0.3, 0.4) is 0 Å². The number of terminal acetylenes is 1. The van der Waals surface area contributed by atoms with Crippen LogP contribution in [0.5, 0.6) is 0 Å². The number of carbonyl (C=O) groups excluding carboxylic acids is 4. The lowest BCUT2D eigenvalue weighted by Crippen LogP contribution is -2.55. The lowest BCUT2D eigenvalue weighted by atomic mass is 10.0. The first-order valence-corrected chi connectivity index (χ1v) is 11.9. The molecule has 3 amide bonds. The molecule has 2 rings (SSSR count). The van der Waals surface area contributed by atoms with Crippen LogP contribution in [-0.4, -0.2) is 65.9 Å². The number of ether oxygens (including phenoxy) is 2. The number of amides is 3. The fraction of sp³-hybridized carbons (Fsp3) is 0.520. The molecule has 4 unspecified atom stereocenters. The summed E-state index contributed by atoms with van der Waals surface area (Å²) in [4.78, 5) is 52.6. The van der Waals surface area contributed by atoms with E-state index in [1.54, 1.807) is 45.0 Å². The van der Waals surface area contributed by atoms with E-state index in [-0.39, 0.29) is 24.3 Å². The Morgan fingerprint density at radius 3 is 2.29 bits per heavy atom. The number of nitrogens with zero attached hydrogens (tertiary/aromatic N) is 1. The van der Waals surface area contributed by atoms with E-state index in [1.807, 2.05) is 6.92 Å². The molecule has 2 N–H and O–H groups in total. The molecule has 0 spiro atoms. The number of benzene rings is 1. The predicted octanol–water partition coefficient (Wildman–Crippen LogP) is 2.06. The molecule has 35 heavy (non-hydrogen) atoms. The number of esters is 1. The minimum absolute atomic E-state index is 0.0117. The molecular formula is C25H33N3O6S. The molecule has 10 heteroatoms. The highest BCUT2D eigenvalue weighted by molar-refractivity contribution is 7.80. The molecule has 0 aliphatic heterocycles. The summed E-state index contributed by atoms with van der Waals surface area (Å²) in [5.74, 6) is 0.969. The van der Waals surface area contributed by atoms with Gasteiger partial charge in [0.05, 0.1) is 7.11 Å². The van der Waals surface area contributed by atoms with Crippen LogP contribution in [0.25, 0.3) is 0 Å². The van der Waals surface area contributed by atoms with E-state index in [4.69, 9.17) is 11.2 Å². The van der Waals surface area contributed by atoms with Crippen LogP contribution in [0.4, 0.5) is 4.79 Å². The van der Waals surface area contributed by atoms with Gasteiger partial charge in [0.2, 0.25) is 11.8 Å². The SMILES string of the molecule is C#Cc1ccc(C(C(=O)NCC(=O)OC)N(C(=O)C(CS)NC(=O)OC(C)(C)C)C2CC2C)cc1. The Labute approximate surface area is 211 Å². The summed E-state index contributed by atoms with van der Waals surface area (Å²) >= 11 is 4.26. The van der Waals surface area contributed by atoms with Crippen molar-refractivity contribution in [2.75, 3.05) is 19.4 Å². The van der Waals surface area contributed by atoms with Gasteiger partial charge < -0.3 is 25.0 Å². The fourth-order valence-electron chi connectivity index (χ4n) is 3.52. The predicted molar refractivity (Wildman–Crippen MR) is 134 cm³/mol. The van der Waals surface area contributed by atoms with E-state index in [2.05, 4.69) is 33.9 Å². The monoisotopic (exact) mass is 503 g/mol. The molecule has 1 fully saturated rings. The Morgan fingerprint density at radius 2 is 1.83 bits per heavy atom. The van der Waals surface area contributed by atoms with Gasteiger partial charge in [-0.3, -0.25) is 14.4 Å². The van der Waals surface area contributed by atoms with E-state index in [0.29, 0.717) is 17.5 Å². The third kappa shape index (κ3) is 7.92. The van der Waals surface area contributed by atoms with Crippen molar-refractivity contribution in [3.8, 4) is 12.3 Å². The third-order valence-corrected chi connectivity index (χ3v) is 5.77. The Balaban J connectivity index is 2.42. The zero-order valence-corrected chi connectivity index (χ0v) is 21.6. The van der Waals surface area contributed by atoms with Crippen LogP contribution in [0, 0.1) is 18.3 Å². The van der Waals surface area contributed by atoms with Crippen LogP contribution in [-0.2, 0) is 23.9 Å². The van der Waals surface area contributed by atoms with Gasteiger partial charge in [-0.15, -0.1) is 6.42 Å². The highest BCUT2D eigenvalue weighted by atomic mass is 32.1. The molecule has 0 radical (unpaired) electrons. The number of rotatable bonds is 9. The maximum absolute atomic E-state index is 13.7. The normalized spacial score (nSPS) is 18.3. The second-order valence-electron chi connectivity index (χ2n) is 9.37. The Bertz CT molecular complexity index is 982. The average molecular weight is 504 g/mol. The van der Waals surface area contributed by atoms with E-state index in [9.17, 15) is 19.2 Å². The molecule has 0 saturated heterocycles. The second kappa shape index (κ2) is 12.0. The van der Waals surface area contributed by atoms with Crippen molar-refractivity contribution in [2.24, 2.45) is 5.92 Å². The number of methoxy groups -OCH3 is 1. The molecule has 1 saturated carbocycles. The summed E-state index contributed by atoms with van der Waals surface area (Å²) in [6, 6.07) is 4.32. The Kier molecular flexibility index (Phi) is 9.60. The van der Waals surface area contributed by atoms with Gasteiger partial charge >= 0.3 is 12.1 Å². The summed E-state index contributed by atoms with van der Waals surface area (Å²) < 4.78 is 9.90. The van der Waals surface area contributed by atoms with Crippen molar-refractivity contribution < 1.29 is 28.7 Å². The summed E-state index contributed by atoms with van der Waals surface area (Å²) in [7, 11) is 1.21. The van der Waals surface area contributed by atoms with Gasteiger partial charge in [-0.05, 0) is 50.8 Å². The van der Waals surface area contributed by atoms with Crippen molar-refractivity contribution in [1.29, 1.82) is 0 Å². The van der Waals surface area contributed by atoms with Crippen LogP contribution < -0.4 is 10.6 Å². The first-order chi connectivity index (χ1) is 16.4. The lowest BCUT2D eigenvalue weighted by Gasteiger charge is -2.34. The minimum Gasteiger partial charge on any atom is -0.468 e. The molecular weight excluding hydrogens is 470 g/mol. The summed E-state index contributed by atoms with van der Waals surface area (Å²) in [6.45, 7) is 6.74. The molecule has 190 valence electrons. The number of alkyl carbamates (subject to hydrolysis) is 1. The maximum Gasteiger partial charge on any atom is 0.408 e. The number of carbonyl (C=O) groups is 4. The van der Waals surface area contributed by atoms with Crippen LogP contribution in [0.2, 0.25) is 0 Å². The highest BCUT2D eigenvalue weighted by Crippen LogP contribution is 2.40. The molecule has 1 aliphatic carbocycles. The smallest absolute Gasteiger partial charge is 0.408 e. The largest absolute Gasteiger partial charge is 0.468 e. The number of hydrogen-bond donors (Lipinski definition) is 3. The summed E-state index contributed by atoms with van der Waals surface area (Å²) in [6.07, 6.45) is 5.37. The Morgan fingerprint density at radius 1 is 1.23 bits per heavy atom. The number of hydrogen-bond acceptors (Lipinski definition) is 7. The topological polar surface area (TPSA) is 114 Å². The van der Waals surface area contributed by atoms with Gasteiger partial charge in [-0.25, -0.2) is 4.79 Å². The number of thiol groups is 1. The zero-order chi connectivity index (χ0) is 26.3. The van der Waals surface area contributed by atoms with Gasteiger partial charge in [0.1, 0.15) is 24.2 Å². The van der Waals surface area contributed by atoms with Crippen LogP contribution in [0.1, 0.15) is 51.3 Å². The van der Waals surface area contributed by atoms with E-state index >= 15 is 0 Å². The first-order valence-electron chi connectivity index (χ1n) is 11.3. The quantitative estimate of drug-likeness (QED) is 0.270. The number of nitrogens with one attached hydrogen (secondary N) is 2. The van der Waals surface area contributed by atoms with Gasteiger partial charge in [0, 0.05) is 17.4 Å². The molecule has 1 aromatic carbocycles. The molecule has 0 heterocycles. The maximum atomic E-state index is 13.7. The van der Waals surface area contributed by atoms with Crippen molar-refractivity contribution >= 4 is 36.5 Å². The summed E-state index contributed by atoms with van der Waals surface area (Å²) in [5.41, 5.74) is 0.364. The molecule has 4 atom stereocenters. The minimum atomic E-state index is -1.07. The molecule has 1 aromatic rings. The van der Waals surface area contributed by atoms with Gasteiger partial charge in [0.25, 0.3) is 0 Å². The second-order valence-corrected chi connectivity index (χ2v) is 9.74. The Hall–Kier alpha value is -3.19. The van der Waals surface area contributed by atoms with Crippen LogP contribution in [0.15, 0.2) is 24.3 Å². The van der Waals surface area contributed by atoms with Crippen molar-refractivity contribution in [1.82, 2.24) is 15.5 Å². The van der Waals surface area contributed by atoms with E-state index in [1.165, 1.54) is 12.0 Å². The lowest BCUT2D eigenvalue weighted by molar-refractivity contribution is -0.145. The zero-order valence-electron chi connectivity index (χ0n) is 20.7. The van der Waals surface area contributed by atoms with Crippen molar-refractivity contribution in [3.63, 3.8) is 0 Å². The summed E-state index contributed by atoms with van der Waals surface area (Å²) in [5, 5.41) is 5.11. The third-order valence-electron chi connectivity index (χ3n) is 5.40. The molecule has 0 aromatic heterocycles. The molecule has 0 bridgehead atoms. The average Bonchev–Trinajstić information content (AvgIpc) is 3.53. The molecule has 9 nitrogen and oxygen atoms in total. The van der Waals surface area contributed by atoms with Crippen LogP contribution >= 0.6 is 12.6 Å².